The van der Waals surface area contributed by atoms with Crippen LogP contribution in [0.5, 0.6) is 0 Å². The average molecular weight is 379 g/mol. The van der Waals surface area contributed by atoms with E-state index in [4.69, 9.17) is 0 Å². The predicted octanol–water partition coefficient (Wildman–Crippen LogP) is 1.90. The summed E-state index contributed by atoms with van der Waals surface area (Å²) in [5, 5.41) is 5.50. The van der Waals surface area contributed by atoms with E-state index in [0.29, 0.717) is 31.5 Å². The zero-order valence-corrected chi connectivity index (χ0v) is 16.0. The van der Waals surface area contributed by atoms with Crippen molar-refractivity contribution in [3.8, 4) is 0 Å². The van der Waals surface area contributed by atoms with Crippen LogP contribution in [-0.2, 0) is 22.6 Å². The van der Waals surface area contributed by atoms with E-state index in [-0.39, 0.29) is 17.7 Å². The molecule has 1 unspecified atom stereocenters. The number of hydrogen-bond acceptors (Lipinski definition) is 3. The van der Waals surface area contributed by atoms with E-state index in [1.807, 2.05) is 36.4 Å². The monoisotopic (exact) mass is 379 g/mol. The van der Waals surface area contributed by atoms with Crippen molar-refractivity contribution in [3.05, 3.63) is 71.3 Å². The molecule has 1 aliphatic rings. The molecule has 6 nitrogen and oxygen atoms in total. The van der Waals surface area contributed by atoms with Crippen LogP contribution in [0.15, 0.2) is 54.6 Å². The van der Waals surface area contributed by atoms with E-state index in [9.17, 15) is 14.4 Å². The van der Waals surface area contributed by atoms with E-state index >= 15 is 0 Å². The molecule has 1 atom stereocenters. The van der Waals surface area contributed by atoms with E-state index in [0.717, 1.165) is 17.5 Å². The first-order valence-corrected chi connectivity index (χ1v) is 9.50. The molecule has 2 N–H and O–H groups in total. The average Bonchev–Trinajstić information content (AvgIpc) is 3.22. The largest absolute Gasteiger partial charge is 0.355 e. The molecular formula is C22H25N3O3. The summed E-state index contributed by atoms with van der Waals surface area (Å²) in [5.41, 5.74) is 2.34. The Labute approximate surface area is 164 Å². The van der Waals surface area contributed by atoms with Crippen LogP contribution in [-0.4, -0.2) is 42.3 Å². The van der Waals surface area contributed by atoms with Gasteiger partial charge in [0.15, 0.2) is 0 Å². The van der Waals surface area contributed by atoms with Gasteiger partial charge in [-0.1, -0.05) is 42.5 Å². The number of nitrogens with one attached hydrogen (secondary N) is 2. The summed E-state index contributed by atoms with van der Waals surface area (Å²) in [6.07, 6.45) is 1.80. The number of likely N-dealkylation sites (tertiary alicyclic amines) is 1. The molecule has 28 heavy (non-hydrogen) atoms. The highest BCUT2D eigenvalue weighted by Gasteiger charge is 2.33. The molecule has 6 heteroatoms. The topological polar surface area (TPSA) is 78.5 Å². The first-order chi connectivity index (χ1) is 13.6. The van der Waals surface area contributed by atoms with Crippen molar-refractivity contribution in [2.75, 3.05) is 13.6 Å². The van der Waals surface area contributed by atoms with Crippen LogP contribution in [0.2, 0.25) is 0 Å². The minimum absolute atomic E-state index is 0.0227. The van der Waals surface area contributed by atoms with Crippen LogP contribution in [0.4, 0.5) is 0 Å². The molecule has 3 rings (SSSR count). The Morgan fingerprint density at radius 1 is 1.04 bits per heavy atom. The van der Waals surface area contributed by atoms with Crippen molar-refractivity contribution < 1.29 is 14.4 Å². The van der Waals surface area contributed by atoms with Gasteiger partial charge in [-0.15, -0.1) is 0 Å². The zero-order valence-electron chi connectivity index (χ0n) is 16.0. The van der Waals surface area contributed by atoms with Gasteiger partial charge in [-0.2, -0.15) is 0 Å². The number of carbonyl (C=O) groups is 3. The molecule has 0 spiro atoms. The first kappa shape index (κ1) is 19.6. The van der Waals surface area contributed by atoms with Crippen molar-refractivity contribution in [1.82, 2.24) is 15.5 Å². The Balaban J connectivity index is 1.59. The highest BCUT2D eigenvalue weighted by Crippen LogP contribution is 2.19. The summed E-state index contributed by atoms with van der Waals surface area (Å²) in [6.45, 7) is 0.927. The van der Waals surface area contributed by atoms with E-state index in [1.54, 1.807) is 30.1 Å². The molecule has 1 heterocycles. The Morgan fingerprint density at radius 2 is 1.79 bits per heavy atom. The summed E-state index contributed by atoms with van der Waals surface area (Å²) in [7, 11) is 1.58. The van der Waals surface area contributed by atoms with Gasteiger partial charge in [0.05, 0.1) is 6.42 Å². The zero-order chi connectivity index (χ0) is 19.9. The molecular weight excluding hydrogens is 354 g/mol. The number of amides is 3. The summed E-state index contributed by atoms with van der Waals surface area (Å²) < 4.78 is 0. The minimum atomic E-state index is -0.432. The fourth-order valence-electron chi connectivity index (χ4n) is 3.48. The minimum Gasteiger partial charge on any atom is -0.355 e. The lowest BCUT2D eigenvalue weighted by molar-refractivity contribution is -0.138. The second-order valence-corrected chi connectivity index (χ2v) is 6.90. The SMILES string of the molecule is CNC(=O)c1cccc(CNC(=O)C2CCCN2C(=O)Cc2ccccc2)c1. The number of nitrogens with zero attached hydrogens (tertiary/aromatic N) is 1. The van der Waals surface area contributed by atoms with Crippen molar-refractivity contribution >= 4 is 17.7 Å². The van der Waals surface area contributed by atoms with Gasteiger partial charge in [0, 0.05) is 25.7 Å². The fraction of sp³-hybridized carbons (Fsp3) is 0.318. The van der Waals surface area contributed by atoms with Gasteiger partial charge in [-0.05, 0) is 36.1 Å². The second-order valence-electron chi connectivity index (χ2n) is 6.90. The van der Waals surface area contributed by atoms with E-state index in [2.05, 4.69) is 10.6 Å². The Kier molecular flexibility index (Phi) is 6.42. The van der Waals surface area contributed by atoms with Crippen molar-refractivity contribution in [2.24, 2.45) is 0 Å². The lowest BCUT2D eigenvalue weighted by atomic mass is 10.1. The molecule has 0 saturated carbocycles. The third kappa shape index (κ3) is 4.76. The standard InChI is InChI=1S/C22H25N3O3/c1-23-21(27)18-10-5-9-17(13-18)15-24-22(28)19-11-6-12-25(19)20(26)14-16-7-3-2-4-8-16/h2-5,7-10,13,19H,6,11-12,14-15H2,1H3,(H,23,27)(H,24,28). The molecule has 2 aromatic rings. The van der Waals surface area contributed by atoms with E-state index < -0.39 is 6.04 Å². The highest BCUT2D eigenvalue weighted by atomic mass is 16.2. The fourth-order valence-corrected chi connectivity index (χ4v) is 3.48. The van der Waals surface area contributed by atoms with Gasteiger partial charge < -0.3 is 15.5 Å². The number of rotatable bonds is 6. The van der Waals surface area contributed by atoms with E-state index in [1.165, 1.54) is 0 Å². The van der Waals surface area contributed by atoms with Gasteiger partial charge in [0.2, 0.25) is 11.8 Å². The van der Waals surface area contributed by atoms with Crippen LogP contribution >= 0.6 is 0 Å². The summed E-state index contributed by atoms with van der Waals surface area (Å²) >= 11 is 0. The maximum Gasteiger partial charge on any atom is 0.251 e. The molecule has 0 radical (unpaired) electrons. The normalized spacial score (nSPS) is 15.9. The summed E-state index contributed by atoms with van der Waals surface area (Å²) in [5.74, 6) is -0.337. The van der Waals surface area contributed by atoms with Crippen molar-refractivity contribution in [3.63, 3.8) is 0 Å². The quantitative estimate of drug-likeness (QED) is 0.805. The first-order valence-electron chi connectivity index (χ1n) is 9.50. The maximum absolute atomic E-state index is 12.7. The molecule has 3 amide bonds. The maximum atomic E-state index is 12.7. The van der Waals surface area contributed by atoms with Crippen LogP contribution in [0.3, 0.4) is 0 Å². The molecule has 1 aliphatic heterocycles. The van der Waals surface area contributed by atoms with Crippen LogP contribution in [0.25, 0.3) is 0 Å². The Hall–Kier alpha value is -3.15. The third-order valence-corrected chi connectivity index (χ3v) is 4.96. The van der Waals surface area contributed by atoms with Crippen LogP contribution < -0.4 is 10.6 Å². The molecule has 2 aromatic carbocycles. The third-order valence-electron chi connectivity index (χ3n) is 4.96. The van der Waals surface area contributed by atoms with Gasteiger partial charge in [-0.25, -0.2) is 0 Å². The summed E-state index contributed by atoms with van der Waals surface area (Å²) in [4.78, 5) is 38.8. The molecule has 1 fully saturated rings. The lowest BCUT2D eigenvalue weighted by Gasteiger charge is -2.24. The molecule has 0 bridgehead atoms. The highest BCUT2D eigenvalue weighted by molar-refractivity contribution is 5.94. The van der Waals surface area contributed by atoms with Crippen LogP contribution in [0.1, 0.15) is 34.3 Å². The molecule has 0 aromatic heterocycles. The molecule has 0 aliphatic carbocycles. The van der Waals surface area contributed by atoms with Gasteiger partial charge >= 0.3 is 0 Å². The number of benzene rings is 2. The van der Waals surface area contributed by atoms with Crippen LogP contribution in [0, 0.1) is 0 Å². The second kappa shape index (κ2) is 9.17. The van der Waals surface area contributed by atoms with Gasteiger partial charge in [0.25, 0.3) is 5.91 Å². The smallest absolute Gasteiger partial charge is 0.251 e. The molecule has 146 valence electrons. The van der Waals surface area contributed by atoms with Gasteiger partial charge in [-0.3, -0.25) is 14.4 Å². The van der Waals surface area contributed by atoms with Gasteiger partial charge in [0.1, 0.15) is 6.04 Å². The predicted molar refractivity (Wildman–Crippen MR) is 107 cm³/mol. The van der Waals surface area contributed by atoms with Crippen molar-refractivity contribution in [2.45, 2.75) is 31.8 Å². The number of carbonyl (C=O) groups excluding carboxylic acids is 3. The number of hydrogen-bond donors (Lipinski definition) is 2. The van der Waals surface area contributed by atoms with Crippen molar-refractivity contribution in [1.29, 1.82) is 0 Å². The lowest BCUT2D eigenvalue weighted by Crippen LogP contribution is -2.46. The Bertz CT molecular complexity index is 851. The summed E-state index contributed by atoms with van der Waals surface area (Å²) in [6, 6.07) is 16.3. The molecule has 1 saturated heterocycles. The Morgan fingerprint density at radius 3 is 2.54 bits per heavy atom.